The first-order valence-corrected chi connectivity index (χ1v) is 16.7. The maximum atomic E-state index is 3.85. The summed E-state index contributed by atoms with van der Waals surface area (Å²) in [5, 5.41) is 3.36. The van der Waals surface area contributed by atoms with Crippen LogP contribution in [0.25, 0.3) is 0 Å². The van der Waals surface area contributed by atoms with Gasteiger partial charge in [-0.2, -0.15) is 5.57 Å². The molecule has 0 spiro atoms. The van der Waals surface area contributed by atoms with E-state index in [1.54, 1.807) is 10.4 Å². The summed E-state index contributed by atoms with van der Waals surface area (Å²) >= 11 is 0. The minimum Gasteiger partial charge on any atom is -1.00 e. The molecular weight excluding hydrogens is 591 g/mol. The van der Waals surface area contributed by atoms with E-state index in [1.807, 2.05) is 0 Å². The smallest absolute Gasteiger partial charge is 1.00 e. The van der Waals surface area contributed by atoms with Gasteiger partial charge in [-0.1, -0.05) is 185 Å². The minimum atomic E-state index is -0.412. The normalized spacial score (nSPS) is 14.9. The Morgan fingerprint density at radius 2 is 1.08 bits per heavy atom. The Hall–Kier alpha value is 0.501. The van der Waals surface area contributed by atoms with Crippen molar-refractivity contribution >= 4 is 14.7 Å². The van der Waals surface area contributed by atoms with Crippen molar-refractivity contribution in [1.82, 2.24) is 0 Å². The van der Waals surface area contributed by atoms with Crippen molar-refractivity contribution in [3.8, 4) is 0 Å². The van der Waals surface area contributed by atoms with Crippen LogP contribution < -0.4 is 42.4 Å². The zero-order valence-corrected chi connectivity index (χ0v) is 31.1. The Bertz CT molecular complexity index is 755. The summed E-state index contributed by atoms with van der Waals surface area (Å²) in [6.07, 6.45) is 28.3. The molecule has 5 heteroatoms. The third-order valence-corrected chi connectivity index (χ3v) is 10.0. The molecule has 1 aromatic carbocycles. The van der Waals surface area contributed by atoms with Crippen LogP contribution in [-0.2, 0) is 21.7 Å². The van der Waals surface area contributed by atoms with E-state index in [2.05, 4.69) is 71.0 Å². The molecule has 0 radical (unpaired) electrons. The molecule has 0 amide bonds. The second-order valence-corrected chi connectivity index (χ2v) is 14.2. The van der Waals surface area contributed by atoms with Gasteiger partial charge in [0.25, 0.3) is 0 Å². The molecule has 1 unspecified atom stereocenters. The zero-order valence-electron chi connectivity index (χ0n) is 25.8. The van der Waals surface area contributed by atoms with E-state index < -0.39 is 9.52 Å². The zero-order chi connectivity index (χ0) is 25.4. The van der Waals surface area contributed by atoms with E-state index in [9.17, 15) is 0 Å². The van der Waals surface area contributed by atoms with Crippen LogP contribution in [0.4, 0.5) is 0 Å². The molecule has 0 nitrogen and oxygen atoms in total. The number of halogens is 3. The quantitative estimate of drug-likeness (QED) is 0.119. The largest absolute Gasteiger partial charge is 4.00 e. The fourth-order valence-electron chi connectivity index (χ4n) is 5.78. The predicted molar refractivity (Wildman–Crippen MR) is 161 cm³/mol. The first kappa shape index (κ1) is 43.9. The van der Waals surface area contributed by atoms with E-state index in [-0.39, 0.29) is 64.4 Å². The SMILES string of the molecule is CCCCCCCCCCCCCCCCCCC1C(C)=[C-]C(C(C)(C)C)=C1[SiH2]c1ccccc1.[Cl-].[Cl-].[Cl-].[Ti+4]. The third kappa shape index (κ3) is 18.6. The number of hydrogen-bond donors (Lipinski definition) is 0. The van der Waals surface area contributed by atoms with Gasteiger partial charge in [-0.25, -0.2) is 16.8 Å². The molecular formula is C34H57Cl3SiTi. The fraction of sp³-hybridized carbons (Fsp3) is 0.706. The topological polar surface area (TPSA) is 0 Å². The van der Waals surface area contributed by atoms with Crippen LogP contribution in [0.5, 0.6) is 0 Å². The molecule has 0 aromatic heterocycles. The van der Waals surface area contributed by atoms with Crippen LogP contribution in [0.15, 0.2) is 46.7 Å². The summed E-state index contributed by atoms with van der Waals surface area (Å²) in [7, 11) is -0.412. The molecule has 0 bridgehead atoms. The molecule has 0 fully saturated rings. The van der Waals surface area contributed by atoms with E-state index in [1.165, 1.54) is 120 Å². The van der Waals surface area contributed by atoms with E-state index in [4.69, 9.17) is 0 Å². The summed E-state index contributed by atoms with van der Waals surface area (Å²) in [5.41, 5.74) is 3.25. The standard InChI is InChI=1S/C34H57Si.3ClH.Ti/c1-6-7-8-9-10-11-12-13-14-15-16-17-18-19-20-24-27-31-29(2)28-32(34(3,4)5)33(31)35-30-25-22-21-23-26-30;;;;/h21-23,25-26,31H,6-20,24,27,35H2,1-5H3;3*1H;/q-1;;;;+4/p-3. The van der Waals surface area contributed by atoms with Gasteiger partial charge in [0.15, 0.2) is 0 Å². The maximum absolute atomic E-state index is 3.85. The summed E-state index contributed by atoms with van der Waals surface area (Å²) in [6, 6.07) is 11.3. The number of benzene rings is 1. The van der Waals surface area contributed by atoms with Crippen LogP contribution in [0.2, 0.25) is 0 Å². The van der Waals surface area contributed by atoms with Gasteiger partial charge in [0.1, 0.15) is 0 Å². The van der Waals surface area contributed by atoms with Crippen molar-refractivity contribution in [1.29, 1.82) is 0 Å². The molecule has 2 rings (SSSR count). The van der Waals surface area contributed by atoms with Gasteiger partial charge in [0, 0.05) is 0 Å². The molecule has 1 aliphatic carbocycles. The average molecular weight is 648 g/mol. The minimum absolute atomic E-state index is 0. The molecule has 1 atom stereocenters. The number of rotatable bonds is 19. The molecule has 0 heterocycles. The summed E-state index contributed by atoms with van der Waals surface area (Å²) in [6.45, 7) is 11.8. The monoisotopic (exact) mass is 646 g/mol. The molecule has 0 saturated heterocycles. The van der Waals surface area contributed by atoms with Crippen LogP contribution in [-0.4, -0.2) is 9.52 Å². The van der Waals surface area contributed by atoms with Crippen molar-refractivity contribution in [2.24, 2.45) is 11.3 Å². The van der Waals surface area contributed by atoms with Crippen molar-refractivity contribution in [3.63, 3.8) is 0 Å². The van der Waals surface area contributed by atoms with Crippen LogP contribution in [0.1, 0.15) is 144 Å². The Labute approximate surface area is 279 Å². The van der Waals surface area contributed by atoms with Gasteiger partial charge in [0.05, 0.1) is 0 Å². The van der Waals surface area contributed by atoms with Crippen molar-refractivity contribution < 1.29 is 58.9 Å². The summed E-state index contributed by atoms with van der Waals surface area (Å²) in [5.74, 6) is 0.669. The second-order valence-electron chi connectivity index (χ2n) is 12.3. The molecule has 0 saturated carbocycles. The van der Waals surface area contributed by atoms with Gasteiger partial charge in [-0.3, -0.25) is 0 Å². The van der Waals surface area contributed by atoms with Crippen LogP contribution >= 0.6 is 0 Å². The predicted octanol–water partition coefficient (Wildman–Crippen LogP) is 0.821. The van der Waals surface area contributed by atoms with E-state index in [0.29, 0.717) is 5.92 Å². The molecule has 0 N–H and O–H groups in total. The molecule has 39 heavy (non-hydrogen) atoms. The second kappa shape index (κ2) is 26.2. The fourth-order valence-corrected chi connectivity index (χ4v) is 8.28. The van der Waals surface area contributed by atoms with Crippen LogP contribution in [0.3, 0.4) is 0 Å². The first-order chi connectivity index (χ1) is 16.9. The molecule has 0 aliphatic heterocycles. The van der Waals surface area contributed by atoms with Crippen molar-refractivity contribution in [2.75, 3.05) is 0 Å². The van der Waals surface area contributed by atoms with Crippen LogP contribution in [0, 0.1) is 17.4 Å². The maximum Gasteiger partial charge on any atom is 4.00 e. The molecule has 222 valence electrons. The van der Waals surface area contributed by atoms with Crippen molar-refractivity contribution in [3.05, 3.63) is 52.8 Å². The van der Waals surface area contributed by atoms with Gasteiger partial charge < -0.3 is 37.2 Å². The molecule has 1 aliphatic rings. The van der Waals surface area contributed by atoms with Gasteiger partial charge in [0.2, 0.25) is 0 Å². The summed E-state index contributed by atoms with van der Waals surface area (Å²) in [4.78, 5) is 0. The number of unbranched alkanes of at least 4 members (excludes halogenated alkanes) is 15. The van der Waals surface area contributed by atoms with Gasteiger partial charge in [-0.05, 0) is 14.9 Å². The van der Waals surface area contributed by atoms with E-state index in [0.717, 1.165) is 0 Å². The van der Waals surface area contributed by atoms with Crippen molar-refractivity contribution in [2.45, 2.75) is 144 Å². The first-order valence-electron chi connectivity index (χ1n) is 15.3. The Kier molecular flexibility index (Phi) is 29.5. The Balaban J connectivity index is -0.00000324. The van der Waals surface area contributed by atoms with Gasteiger partial charge in [-0.15, -0.1) is 0 Å². The third-order valence-electron chi connectivity index (χ3n) is 7.92. The van der Waals surface area contributed by atoms with E-state index >= 15 is 0 Å². The number of hydrogen-bond acceptors (Lipinski definition) is 0. The molecule has 1 aromatic rings. The average Bonchev–Trinajstić information content (AvgIpc) is 3.15. The van der Waals surface area contributed by atoms with Gasteiger partial charge >= 0.3 is 21.7 Å². The summed E-state index contributed by atoms with van der Waals surface area (Å²) < 4.78 is 0. The Morgan fingerprint density at radius 3 is 1.49 bits per heavy atom. The number of allylic oxidation sites excluding steroid dienone is 4. The Morgan fingerprint density at radius 1 is 0.667 bits per heavy atom.